The molecule has 4 heteroatoms. The van der Waals surface area contributed by atoms with E-state index in [1.807, 2.05) is 20.8 Å². The number of rotatable bonds is 4. The summed E-state index contributed by atoms with van der Waals surface area (Å²) < 4.78 is 0. The third kappa shape index (κ3) is 2.51. The van der Waals surface area contributed by atoms with Crippen LogP contribution in [0.1, 0.15) is 47.5 Å². The summed E-state index contributed by atoms with van der Waals surface area (Å²) in [6.45, 7) is 10.0. The van der Waals surface area contributed by atoms with Gasteiger partial charge in [0.2, 0.25) is 11.8 Å². The Morgan fingerprint density at radius 3 is 2.24 bits per heavy atom. The molecular weight excluding hydrogens is 216 g/mol. The summed E-state index contributed by atoms with van der Waals surface area (Å²) >= 11 is 0. The van der Waals surface area contributed by atoms with Gasteiger partial charge in [-0.15, -0.1) is 0 Å². The summed E-state index contributed by atoms with van der Waals surface area (Å²) in [6.07, 6.45) is 1.04. The molecule has 98 valence electrons. The third-order valence-electron chi connectivity index (χ3n) is 3.45. The van der Waals surface area contributed by atoms with Crippen LogP contribution < -0.4 is 5.73 Å². The fourth-order valence-corrected chi connectivity index (χ4v) is 2.64. The van der Waals surface area contributed by atoms with Gasteiger partial charge in [0, 0.05) is 13.0 Å². The molecule has 0 saturated carbocycles. The Labute approximate surface area is 104 Å². The van der Waals surface area contributed by atoms with Gasteiger partial charge in [0.25, 0.3) is 0 Å². The van der Waals surface area contributed by atoms with Crippen molar-refractivity contribution >= 4 is 11.8 Å². The van der Waals surface area contributed by atoms with Gasteiger partial charge in [-0.2, -0.15) is 0 Å². The highest BCUT2D eigenvalue weighted by Gasteiger charge is 2.51. The van der Waals surface area contributed by atoms with Gasteiger partial charge in [-0.05, 0) is 19.3 Å². The Kier molecular flexibility index (Phi) is 3.67. The van der Waals surface area contributed by atoms with Gasteiger partial charge >= 0.3 is 0 Å². The van der Waals surface area contributed by atoms with E-state index in [1.54, 1.807) is 0 Å². The zero-order chi connectivity index (χ0) is 13.4. The van der Waals surface area contributed by atoms with Crippen LogP contribution in [0.3, 0.4) is 0 Å². The molecule has 1 aliphatic rings. The Hall–Kier alpha value is -0.900. The molecule has 1 heterocycles. The number of carbonyl (C=O) groups excluding carboxylic acids is 2. The van der Waals surface area contributed by atoms with Crippen LogP contribution in [0.15, 0.2) is 0 Å². The smallest absolute Gasteiger partial charge is 0.235 e. The summed E-state index contributed by atoms with van der Waals surface area (Å²) in [5.74, 6) is 0.220. The SMILES string of the molecule is CC(C)CC(C)(CN)N1C(=O)CC(C)(C)C1=O. The van der Waals surface area contributed by atoms with E-state index in [9.17, 15) is 9.59 Å². The fourth-order valence-electron chi connectivity index (χ4n) is 2.64. The second-order valence-corrected chi connectivity index (χ2v) is 6.39. The van der Waals surface area contributed by atoms with Crippen LogP contribution in [0.4, 0.5) is 0 Å². The molecule has 0 bridgehead atoms. The lowest BCUT2D eigenvalue weighted by Gasteiger charge is -2.38. The van der Waals surface area contributed by atoms with Gasteiger partial charge in [0.1, 0.15) is 0 Å². The predicted octanol–water partition coefficient (Wildman–Crippen LogP) is 1.54. The number of carbonyl (C=O) groups is 2. The monoisotopic (exact) mass is 240 g/mol. The number of nitrogens with two attached hydrogens (primary N) is 1. The van der Waals surface area contributed by atoms with E-state index in [-0.39, 0.29) is 11.8 Å². The molecule has 1 aliphatic heterocycles. The van der Waals surface area contributed by atoms with E-state index >= 15 is 0 Å². The molecule has 0 aromatic heterocycles. The summed E-state index contributed by atoms with van der Waals surface area (Å²) in [7, 11) is 0. The van der Waals surface area contributed by atoms with Gasteiger partial charge in [-0.1, -0.05) is 27.7 Å². The molecular formula is C13H24N2O2. The van der Waals surface area contributed by atoms with Crippen LogP contribution >= 0.6 is 0 Å². The number of imide groups is 1. The zero-order valence-electron chi connectivity index (χ0n) is 11.5. The summed E-state index contributed by atoms with van der Waals surface area (Å²) in [6, 6.07) is 0. The van der Waals surface area contributed by atoms with Gasteiger partial charge in [-0.3, -0.25) is 14.5 Å². The fraction of sp³-hybridized carbons (Fsp3) is 0.846. The summed E-state index contributed by atoms with van der Waals surface area (Å²) in [4.78, 5) is 25.7. The van der Waals surface area contributed by atoms with Gasteiger partial charge in [0.15, 0.2) is 0 Å². The molecule has 0 spiro atoms. The molecule has 2 amide bonds. The number of nitrogens with zero attached hydrogens (tertiary/aromatic N) is 1. The topological polar surface area (TPSA) is 63.4 Å². The van der Waals surface area contributed by atoms with E-state index < -0.39 is 11.0 Å². The van der Waals surface area contributed by atoms with Crippen LogP contribution in [0.25, 0.3) is 0 Å². The Balaban J connectivity index is 3.05. The quantitative estimate of drug-likeness (QED) is 0.758. The lowest BCUT2D eigenvalue weighted by Crippen LogP contribution is -2.55. The summed E-state index contributed by atoms with van der Waals surface area (Å²) in [5, 5.41) is 0. The van der Waals surface area contributed by atoms with E-state index in [0.29, 0.717) is 18.9 Å². The molecule has 0 radical (unpaired) electrons. The molecule has 0 aromatic carbocycles. The standard InChI is InChI=1S/C13H24N2O2/c1-9(2)6-13(5,8-14)15-10(16)7-12(3,4)11(15)17/h9H,6-8,14H2,1-5H3. The lowest BCUT2D eigenvalue weighted by atomic mass is 9.88. The van der Waals surface area contributed by atoms with Crippen molar-refractivity contribution in [1.82, 2.24) is 4.90 Å². The maximum atomic E-state index is 12.3. The normalized spacial score (nSPS) is 23.4. The van der Waals surface area contributed by atoms with Crippen LogP contribution in [-0.2, 0) is 9.59 Å². The first kappa shape index (κ1) is 14.2. The van der Waals surface area contributed by atoms with Crippen LogP contribution in [0, 0.1) is 11.3 Å². The molecule has 1 unspecified atom stereocenters. The van der Waals surface area contributed by atoms with Crippen molar-refractivity contribution in [2.45, 2.75) is 53.0 Å². The highest BCUT2D eigenvalue weighted by atomic mass is 16.2. The molecule has 17 heavy (non-hydrogen) atoms. The van der Waals surface area contributed by atoms with Crippen LogP contribution in [0.2, 0.25) is 0 Å². The van der Waals surface area contributed by atoms with Crippen LogP contribution in [0.5, 0.6) is 0 Å². The lowest BCUT2D eigenvalue weighted by molar-refractivity contribution is -0.147. The first-order valence-corrected chi connectivity index (χ1v) is 6.21. The molecule has 2 N–H and O–H groups in total. The second kappa shape index (κ2) is 4.41. The van der Waals surface area contributed by atoms with E-state index in [1.165, 1.54) is 4.90 Å². The molecule has 1 atom stereocenters. The van der Waals surface area contributed by atoms with Crippen molar-refractivity contribution in [2.75, 3.05) is 6.54 Å². The molecule has 1 rings (SSSR count). The molecule has 1 saturated heterocycles. The number of likely N-dealkylation sites (tertiary alicyclic amines) is 1. The zero-order valence-corrected chi connectivity index (χ0v) is 11.5. The molecule has 0 aromatic rings. The summed E-state index contributed by atoms with van der Waals surface area (Å²) in [5.41, 5.74) is 4.68. The molecule has 0 aliphatic carbocycles. The van der Waals surface area contributed by atoms with Gasteiger partial charge in [0.05, 0.1) is 11.0 Å². The van der Waals surface area contributed by atoms with Crippen LogP contribution in [-0.4, -0.2) is 28.8 Å². The highest BCUT2D eigenvalue weighted by Crippen LogP contribution is 2.37. The maximum Gasteiger partial charge on any atom is 0.235 e. The third-order valence-corrected chi connectivity index (χ3v) is 3.45. The predicted molar refractivity (Wildman–Crippen MR) is 67.2 cm³/mol. The first-order valence-electron chi connectivity index (χ1n) is 6.21. The number of hydrogen-bond acceptors (Lipinski definition) is 3. The first-order chi connectivity index (χ1) is 7.64. The Bertz CT molecular complexity index is 336. The largest absolute Gasteiger partial charge is 0.328 e. The van der Waals surface area contributed by atoms with Crippen molar-refractivity contribution in [3.63, 3.8) is 0 Å². The average Bonchev–Trinajstić information content (AvgIpc) is 2.35. The average molecular weight is 240 g/mol. The van der Waals surface area contributed by atoms with Gasteiger partial charge in [-0.25, -0.2) is 0 Å². The number of amides is 2. The Morgan fingerprint density at radius 1 is 1.41 bits per heavy atom. The molecule has 1 fully saturated rings. The van der Waals surface area contributed by atoms with Crippen molar-refractivity contribution in [1.29, 1.82) is 0 Å². The van der Waals surface area contributed by atoms with Gasteiger partial charge < -0.3 is 5.73 Å². The van der Waals surface area contributed by atoms with Crippen molar-refractivity contribution < 1.29 is 9.59 Å². The van der Waals surface area contributed by atoms with Crippen molar-refractivity contribution in [3.05, 3.63) is 0 Å². The minimum Gasteiger partial charge on any atom is -0.328 e. The Morgan fingerprint density at radius 2 is 1.94 bits per heavy atom. The maximum absolute atomic E-state index is 12.3. The highest BCUT2D eigenvalue weighted by molar-refractivity contribution is 6.06. The number of hydrogen-bond donors (Lipinski definition) is 1. The minimum absolute atomic E-state index is 0.0869. The minimum atomic E-state index is -0.579. The van der Waals surface area contributed by atoms with Crippen molar-refractivity contribution in [3.8, 4) is 0 Å². The van der Waals surface area contributed by atoms with E-state index in [0.717, 1.165) is 6.42 Å². The second-order valence-electron chi connectivity index (χ2n) is 6.39. The van der Waals surface area contributed by atoms with Crippen molar-refractivity contribution in [2.24, 2.45) is 17.1 Å². The van der Waals surface area contributed by atoms with E-state index in [2.05, 4.69) is 13.8 Å². The van der Waals surface area contributed by atoms with E-state index in [4.69, 9.17) is 5.73 Å². The molecule has 4 nitrogen and oxygen atoms in total.